The van der Waals surface area contributed by atoms with Gasteiger partial charge in [0.1, 0.15) is 11.6 Å². The summed E-state index contributed by atoms with van der Waals surface area (Å²) >= 11 is 0. The Bertz CT molecular complexity index is 455. The summed E-state index contributed by atoms with van der Waals surface area (Å²) in [5.41, 5.74) is 2.00. The number of hydrogen-bond acceptors (Lipinski definition) is 3. The van der Waals surface area contributed by atoms with E-state index in [-0.39, 0.29) is 5.82 Å². The largest absolute Gasteiger partial charge is 0.353 e. The van der Waals surface area contributed by atoms with Gasteiger partial charge in [0.2, 0.25) is 0 Å². The molecule has 1 aromatic heterocycles. The Morgan fingerprint density at radius 2 is 2.32 bits per heavy atom. The van der Waals surface area contributed by atoms with Crippen LogP contribution in [0.1, 0.15) is 32.3 Å². The van der Waals surface area contributed by atoms with Crippen LogP contribution < -0.4 is 10.2 Å². The van der Waals surface area contributed by atoms with E-state index >= 15 is 0 Å². The van der Waals surface area contributed by atoms with Crippen molar-refractivity contribution in [3.63, 3.8) is 0 Å². The molecule has 0 aliphatic heterocycles. The second-order valence-electron chi connectivity index (χ2n) is 5.26. The number of nitrogens with zero attached hydrogens (tertiary/aromatic N) is 2. The fourth-order valence-electron chi connectivity index (χ4n) is 2.09. The minimum atomic E-state index is -0.275. The molecular weight excluding hydrogens is 241 g/mol. The van der Waals surface area contributed by atoms with E-state index < -0.39 is 0 Å². The first-order valence-electron chi connectivity index (χ1n) is 6.87. The van der Waals surface area contributed by atoms with Crippen molar-refractivity contribution in [3.8, 4) is 0 Å². The maximum Gasteiger partial charge on any atom is 0.141 e. The number of hydrogen-bond donors (Lipinski definition) is 1. The normalized spacial score (nSPS) is 14.5. The average molecular weight is 263 g/mol. The van der Waals surface area contributed by atoms with Crippen molar-refractivity contribution < 1.29 is 4.39 Å². The van der Waals surface area contributed by atoms with Gasteiger partial charge in [0, 0.05) is 31.2 Å². The molecule has 104 valence electrons. The Labute approximate surface area is 114 Å². The van der Waals surface area contributed by atoms with Gasteiger partial charge < -0.3 is 10.2 Å². The van der Waals surface area contributed by atoms with Crippen LogP contribution in [0.2, 0.25) is 0 Å². The molecule has 1 aliphatic carbocycles. The van der Waals surface area contributed by atoms with E-state index in [1.165, 1.54) is 19.0 Å². The summed E-state index contributed by atoms with van der Waals surface area (Å²) in [5, 5.41) is 3.42. The summed E-state index contributed by atoms with van der Waals surface area (Å²) in [6, 6.07) is 2.19. The third-order valence-corrected chi connectivity index (χ3v) is 3.21. The highest BCUT2D eigenvalue weighted by atomic mass is 19.1. The van der Waals surface area contributed by atoms with Gasteiger partial charge in [-0.05, 0) is 32.8 Å². The molecule has 1 aromatic rings. The van der Waals surface area contributed by atoms with Gasteiger partial charge in [-0.25, -0.2) is 9.37 Å². The Hall–Kier alpha value is -1.42. The van der Waals surface area contributed by atoms with Gasteiger partial charge in [0.05, 0.1) is 6.20 Å². The summed E-state index contributed by atoms with van der Waals surface area (Å²) in [7, 11) is 0. The Balaban J connectivity index is 2.17. The number of nitrogens with one attached hydrogen (secondary N) is 1. The van der Waals surface area contributed by atoms with Crippen molar-refractivity contribution in [2.24, 2.45) is 0 Å². The van der Waals surface area contributed by atoms with Crippen LogP contribution in [0.3, 0.4) is 0 Å². The van der Waals surface area contributed by atoms with Crippen LogP contribution in [0, 0.1) is 5.82 Å². The van der Waals surface area contributed by atoms with Crippen molar-refractivity contribution >= 4 is 5.82 Å². The summed E-state index contributed by atoms with van der Waals surface area (Å²) in [5.74, 6) is 0.586. The van der Waals surface area contributed by atoms with Crippen molar-refractivity contribution in [2.75, 3.05) is 18.0 Å². The number of pyridine rings is 1. The molecule has 1 aliphatic rings. The van der Waals surface area contributed by atoms with E-state index in [0.29, 0.717) is 12.6 Å². The monoisotopic (exact) mass is 263 g/mol. The maximum absolute atomic E-state index is 13.4. The molecule has 1 heterocycles. The standard InChI is InChI=1S/C15H22FN3/c1-4-19(10-11(2)3)15-12(7-13(16)9-18-15)8-17-14-5-6-14/h7,9,14,17H,2,4-6,8,10H2,1,3H3. The zero-order chi connectivity index (χ0) is 13.8. The fraction of sp³-hybridized carbons (Fsp3) is 0.533. The summed E-state index contributed by atoms with van der Waals surface area (Å²) < 4.78 is 13.4. The topological polar surface area (TPSA) is 28.2 Å². The third-order valence-electron chi connectivity index (χ3n) is 3.21. The zero-order valence-corrected chi connectivity index (χ0v) is 11.7. The molecule has 0 radical (unpaired) electrons. The van der Waals surface area contributed by atoms with Gasteiger partial charge in [0.15, 0.2) is 0 Å². The van der Waals surface area contributed by atoms with Crippen molar-refractivity contribution in [1.29, 1.82) is 0 Å². The highest BCUT2D eigenvalue weighted by Crippen LogP contribution is 2.23. The quantitative estimate of drug-likeness (QED) is 0.767. The Morgan fingerprint density at radius 1 is 1.58 bits per heavy atom. The van der Waals surface area contributed by atoms with Crippen LogP contribution in [-0.2, 0) is 6.54 Å². The highest BCUT2D eigenvalue weighted by Gasteiger charge is 2.21. The maximum atomic E-state index is 13.4. The van der Waals surface area contributed by atoms with E-state index in [1.54, 1.807) is 6.07 Å². The van der Waals surface area contributed by atoms with E-state index in [1.807, 2.05) is 6.92 Å². The van der Waals surface area contributed by atoms with Gasteiger partial charge in [-0.2, -0.15) is 0 Å². The number of likely N-dealkylation sites (N-methyl/N-ethyl adjacent to an activating group) is 1. The molecule has 0 amide bonds. The molecule has 1 saturated carbocycles. The molecule has 3 nitrogen and oxygen atoms in total. The first-order valence-corrected chi connectivity index (χ1v) is 6.87. The van der Waals surface area contributed by atoms with Crippen LogP contribution in [0.15, 0.2) is 24.4 Å². The molecule has 0 bridgehead atoms. The highest BCUT2D eigenvalue weighted by molar-refractivity contribution is 5.48. The number of anilines is 1. The van der Waals surface area contributed by atoms with Crippen molar-refractivity contribution in [1.82, 2.24) is 10.3 Å². The molecule has 2 rings (SSSR count). The van der Waals surface area contributed by atoms with Gasteiger partial charge in [-0.3, -0.25) is 0 Å². The van der Waals surface area contributed by atoms with Crippen molar-refractivity contribution in [2.45, 2.75) is 39.3 Å². The Kier molecular flexibility index (Phi) is 4.53. The van der Waals surface area contributed by atoms with Crippen LogP contribution in [-0.4, -0.2) is 24.1 Å². The predicted octanol–water partition coefficient (Wildman–Crippen LogP) is 2.88. The van der Waals surface area contributed by atoms with Crippen LogP contribution >= 0.6 is 0 Å². The second-order valence-corrected chi connectivity index (χ2v) is 5.26. The molecule has 0 atom stereocenters. The zero-order valence-electron chi connectivity index (χ0n) is 11.7. The summed E-state index contributed by atoms with van der Waals surface area (Å²) in [4.78, 5) is 6.40. The van der Waals surface area contributed by atoms with Gasteiger partial charge in [-0.1, -0.05) is 12.2 Å². The molecule has 19 heavy (non-hydrogen) atoms. The molecule has 0 unspecified atom stereocenters. The molecule has 1 N–H and O–H groups in total. The number of rotatable bonds is 7. The minimum absolute atomic E-state index is 0.275. The SMILES string of the molecule is C=C(C)CN(CC)c1ncc(F)cc1CNC1CC1. The molecule has 0 aromatic carbocycles. The summed E-state index contributed by atoms with van der Waals surface area (Å²) in [6.07, 6.45) is 3.74. The van der Waals surface area contributed by atoms with Crippen LogP contribution in [0.25, 0.3) is 0 Å². The Morgan fingerprint density at radius 3 is 2.89 bits per heavy atom. The van der Waals surface area contributed by atoms with Crippen molar-refractivity contribution in [3.05, 3.63) is 35.8 Å². The lowest BCUT2D eigenvalue weighted by Crippen LogP contribution is -2.28. The van der Waals surface area contributed by atoms with E-state index in [4.69, 9.17) is 0 Å². The van der Waals surface area contributed by atoms with Gasteiger partial charge in [0.25, 0.3) is 0 Å². The first kappa shape index (κ1) is 14.0. The smallest absolute Gasteiger partial charge is 0.141 e. The van der Waals surface area contributed by atoms with E-state index in [2.05, 4.69) is 28.7 Å². The summed E-state index contributed by atoms with van der Waals surface area (Å²) in [6.45, 7) is 10.3. The minimum Gasteiger partial charge on any atom is -0.353 e. The van der Waals surface area contributed by atoms with Gasteiger partial charge >= 0.3 is 0 Å². The molecule has 1 fully saturated rings. The number of halogens is 1. The average Bonchev–Trinajstić information content (AvgIpc) is 3.18. The van der Waals surface area contributed by atoms with Crippen LogP contribution in [0.4, 0.5) is 10.2 Å². The van der Waals surface area contributed by atoms with E-state index in [9.17, 15) is 4.39 Å². The fourth-order valence-corrected chi connectivity index (χ4v) is 2.09. The molecule has 0 saturated heterocycles. The second kappa shape index (κ2) is 6.15. The number of aromatic nitrogens is 1. The van der Waals surface area contributed by atoms with E-state index in [0.717, 1.165) is 30.0 Å². The lowest BCUT2D eigenvalue weighted by molar-refractivity contribution is 0.610. The third kappa shape index (κ3) is 4.03. The molecular formula is C15H22FN3. The lowest BCUT2D eigenvalue weighted by Gasteiger charge is -2.24. The van der Waals surface area contributed by atoms with Gasteiger partial charge in [-0.15, -0.1) is 0 Å². The molecule has 4 heteroatoms. The predicted molar refractivity (Wildman–Crippen MR) is 76.8 cm³/mol. The molecule has 0 spiro atoms. The lowest BCUT2D eigenvalue weighted by atomic mass is 10.2. The van der Waals surface area contributed by atoms with Crippen LogP contribution in [0.5, 0.6) is 0 Å². The first-order chi connectivity index (χ1) is 9.10.